The molecule has 36 heavy (non-hydrogen) atoms. The summed E-state index contributed by atoms with van der Waals surface area (Å²) in [6.45, 7) is 1.83. The van der Waals surface area contributed by atoms with Crippen LogP contribution in [0.15, 0.2) is 34.9 Å². The van der Waals surface area contributed by atoms with Crippen molar-refractivity contribution in [2.24, 2.45) is 7.05 Å². The van der Waals surface area contributed by atoms with Crippen LogP contribution in [-0.4, -0.2) is 60.1 Å². The Kier molecular flexibility index (Phi) is 5.67. The Labute approximate surface area is 208 Å². The highest BCUT2D eigenvalue weighted by Crippen LogP contribution is 2.36. The quantitative estimate of drug-likeness (QED) is 0.404. The van der Waals surface area contributed by atoms with Crippen molar-refractivity contribution >= 4 is 39.3 Å². The molecule has 1 saturated carbocycles. The van der Waals surface area contributed by atoms with Gasteiger partial charge in [-0.15, -0.1) is 0 Å². The van der Waals surface area contributed by atoms with Crippen LogP contribution in [0.2, 0.25) is 0 Å². The van der Waals surface area contributed by atoms with Gasteiger partial charge in [-0.25, -0.2) is 0 Å². The number of aryl methyl sites for hydroxylation is 1. The Morgan fingerprint density at radius 1 is 1.08 bits per heavy atom. The van der Waals surface area contributed by atoms with Crippen molar-refractivity contribution in [3.05, 3.63) is 36.0 Å². The van der Waals surface area contributed by atoms with Crippen LogP contribution in [0.25, 0.3) is 22.0 Å². The van der Waals surface area contributed by atoms with Crippen LogP contribution in [0.4, 0.5) is 11.4 Å². The van der Waals surface area contributed by atoms with Crippen LogP contribution in [-0.2, 0) is 7.05 Å². The minimum Gasteiger partial charge on any atom is -0.494 e. The molecular weight excluding hydrogens is 460 g/mol. The molecule has 0 bridgehead atoms. The van der Waals surface area contributed by atoms with Gasteiger partial charge < -0.3 is 29.4 Å². The number of aromatic nitrogens is 3. The topological polar surface area (TPSA) is 107 Å². The average molecular weight is 491 g/mol. The van der Waals surface area contributed by atoms with E-state index in [-0.39, 0.29) is 12.0 Å². The average Bonchev–Trinajstić information content (AvgIpc) is 3.46. The zero-order valence-electron chi connectivity index (χ0n) is 20.7. The zero-order valence-corrected chi connectivity index (χ0v) is 20.7. The van der Waals surface area contributed by atoms with E-state index >= 15 is 0 Å². The highest BCUT2D eigenvalue weighted by Gasteiger charge is 2.29. The molecule has 2 fully saturated rings. The summed E-state index contributed by atoms with van der Waals surface area (Å²) < 4.78 is 18.5. The minimum atomic E-state index is -0.309. The zero-order chi connectivity index (χ0) is 24.8. The Hall–Kier alpha value is -3.79. The number of nitrogens with one attached hydrogen (secondary N) is 2. The van der Waals surface area contributed by atoms with E-state index < -0.39 is 0 Å². The Bertz CT molecular complexity index is 1430. The van der Waals surface area contributed by atoms with Gasteiger partial charge in [-0.05, 0) is 43.9 Å². The third kappa shape index (κ3) is 4.21. The first-order valence-corrected chi connectivity index (χ1v) is 12.3. The smallest absolute Gasteiger partial charge is 0.394 e. The van der Waals surface area contributed by atoms with E-state index in [4.69, 9.17) is 13.9 Å². The van der Waals surface area contributed by atoms with E-state index in [2.05, 4.69) is 25.6 Å². The molecule has 2 aliphatic rings. The molecule has 2 aromatic heterocycles. The van der Waals surface area contributed by atoms with Gasteiger partial charge in [0.05, 0.1) is 36.7 Å². The second-order valence-electron chi connectivity index (χ2n) is 9.56. The van der Waals surface area contributed by atoms with Crippen molar-refractivity contribution in [1.29, 1.82) is 0 Å². The lowest BCUT2D eigenvalue weighted by Crippen LogP contribution is -2.43. The summed E-state index contributed by atoms with van der Waals surface area (Å²) in [7, 11) is 4.93. The van der Waals surface area contributed by atoms with Crippen molar-refractivity contribution in [2.45, 2.75) is 37.8 Å². The number of amides is 1. The fraction of sp³-hybridized carbons (Fsp3) is 0.423. The third-order valence-corrected chi connectivity index (χ3v) is 7.00. The number of benzene rings is 2. The first-order chi connectivity index (χ1) is 17.5. The number of anilines is 2. The van der Waals surface area contributed by atoms with Gasteiger partial charge in [-0.3, -0.25) is 9.48 Å². The molecule has 2 N–H and O–H groups in total. The van der Waals surface area contributed by atoms with Gasteiger partial charge in [-0.1, -0.05) is 0 Å². The van der Waals surface area contributed by atoms with Gasteiger partial charge in [0.25, 0.3) is 5.91 Å². The van der Waals surface area contributed by atoms with E-state index in [9.17, 15) is 4.79 Å². The molecule has 3 heterocycles. The summed E-state index contributed by atoms with van der Waals surface area (Å²) >= 11 is 0. The number of ether oxygens (including phenoxy) is 2. The van der Waals surface area contributed by atoms with Crippen LogP contribution in [0.3, 0.4) is 0 Å². The number of piperidine rings is 1. The number of carbonyl (C=O) groups excluding carboxylic acids is 1. The number of oxazole rings is 1. The monoisotopic (exact) mass is 490 g/mol. The first-order valence-electron chi connectivity index (χ1n) is 12.3. The second kappa shape index (κ2) is 9.02. The molecule has 10 nitrogen and oxygen atoms in total. The van der Waals surface area contributed by atoms with Gasteiger partial charge in [0.15, 0.2) is 5.58 Å². The Morgan fingerprint density at radius 2 is 1.86 bits per heavy atom. The highest BCUT2D eigenvalue weighted by molar-refractivity contribution is 6.14. The summed E-state index contributed by atoms with van der Waals surface area (Å²) in [4.78, 5) is 20.2. The molecule has 0 unspecified atom stereocenters. The van der Waals surface area contributed by atoms with Crippen molar-refractivity contribution in [2.75, 3.05) is 37.5 Å². The molecule has 10 heteroatoms. The van der Waals surface area contributed by atoms with Gasteiger partial charge in [0.1, 0.15) is 11.3 Å². The number of fused-ring (bicyclic) bond motifs is 2. The third-order valence-electron chi connectivity index (χ3n) is 7.00. The molecule has 6 rings (SSSR count). The molecule has 1 aliphatic heterocycles. The predicted octanol–water partition coefficient (Wildman–Crippen LogP) is 3.70. The largest absolute Gasteiger partial charge is 0.494 e. The maximum Gasteiger partial charge on any atom is 0.394 e. The molecule has 0 atom stereocenters. The summed E-state index contributed by atoms with van der Waals surface area (Å²) in [6.07, 6.45) is 6.76. The molecule has 0 radical (unpaired) electrons. The number of methoxy groups -OCH3 is 2. The fourth-order valence-corrected chi connectivity index (χ4v) is 5.00. The number of nitrogens with zero attached hydrogens (tertiary/aromatic N) is 4. The summed E-state index contributed by atoms with van der Waals surface area (Å²) in [6, 6.07) is 8.68. The number of rotatable bonds is 7. The normalized spacial score (nSPS) is 16.6. The second-order valence-corrected chi connectivity index (χ2v) is 9.56. The lowest BCUT2D eigenvalue weighted by atomic mass is 10.0. The van der Waals surface area contributed by atoms with Gasteiger partial charge in [0.2, 0.25) is 0 Å². The van der Waals surface area contributed by atoms with Crippen LogP contribution in [0, 0.1) is 0 Å². The maximum atomic E-state index is 13.4. The first kappa shape index (κ1) is 22.7. The van der Waals surface area contributed by atoms with Crippen molar-refractivity contribution in [3.63, 3.8) is 0 Å². The molecule has 1 amide bonds. The van der Waals surface area contributed by atoms with Gasteiger partial charge in [0, 0.05) is 49.9 Å². The molecule has 4 aromatic rings. The van der Waals surface area contributed by atoms with Gasteiger partial charge in [-0.2, -0.15) is 10.1 Å². The van der Waals surface area contributed by atoms with E-state index in [1.54, 1.807) is 17.9 Å². The lowest BCUT2D eigenvalue weighted by molar-refractivity contribution is 0.102. The number of carbonyl (C=O) groups is 1. The number of hydrogen-bond acceptors (Lipinski definition) is 8. The summed E-state index contributed by atoms with van der Waals surface area (Å²) in [5.41, 5.74) is 3.71. The molecule has 0 spiro atoms. The molecular formula is C26H30N6O4. The Morgan fingerprint density at radius 3 is 2.58 bits per heavy atom. The Balaban J connectivity index is 1.29. The van der Waals surface area contributed by atoms with Crippen molar-refractivity contribution in [3.8, 4) is 11.8 Å². The van der Waals surface area contributed by atoms with Crippen LogP contribution in [0.1, 0.15) is 36.0 Å². The van der Waals surface area contributed by atoms with Gasteiger partial charge >= 0.3 is 6.08 Å². The minimum absolute atomic E-state index is 0.131. The SMILES string of the molecule is COc1nc2c(C(=O)Nc3cc4cn(C)nc4cc3OC)ccc(N3CCC(NC4CC4)CC3)c2o1. The number of hydrogen-bond donors (Lipinski definition) is 2. The lowest BCUT2D eigenvalue weighted by Gasteiger charge is -2.34. The molecule has 188 valence electrons. The van der Waals surface area contributed by atoms with E-state index in [1.807, 2.05) is 31.4 Å². The maximum absolute atomic E-state index is 13.4. The molecule has 1 aliphatic carbocycles. The summed E-state index contributed by atoms with van der Waals surface area (Å²) in [5, 5.41) is 12.0. The van der Waals surface area contributed by atoms with Crippen molar-refractivity contribution in [1.82, 2.24) is 20.1 Å². The standard InChI is InChI=1S/C26H30N6O4/c1-31-14-15-12-20(22(34-2)13-19(15)30-31)28-25(33)18-6-7-21(24-23(18)29-26(35-3)36-24)32-10-8-17(9-11-32)27-16-4-5-16/h6-7,12-14,16-17,27H,4-5,8-11H2,1-3H3,(H,28,33). The van der Waals surface area contributed by atoms with Crippen LogP contribution in [0.5, 0.6) is 11.8 Å². The summed E-state index contributed by atoms with van der Waals surface area (Å²) in [5.74, 6) is 0.221. The molecule has 1 saturated heterocycles. The van der Waals surface area contributed by atoms with E-state index in [1.165, 1.54) is 20.0 Å². The predicted molar refractivity (Wildman–Crippen MR) is 137 cm³/mol. The molecule has 2 aromatic carbocycles. The van der Waals surface area contributed by atoms with E-state index in [0.717, 1.165) is 42.5 Å². The van der Waals surface area contributed by atoms with E-state index in [0.29, 0.717) is 40.2 Å². The van der Waals surface area contributed by atoms with Crippen molar-refractivity contribution < 1.29 is 18.7 Å². The van der Waals surface area contributed by atoms with Crippen LogP contribution >= 0.6 is 0 Å². The van der Waals surface area contributed by atoms with Crippen LogP contribution < -0.4 is 25.0 Å². The fourth-order valence-electron chi connectivity index (χ4n) is 5.00. The highest BCUT2D eigenvalue weighted by atomic mass is 16.6.